The zero-order chi connectivity index (χ0) is 28.4. The molecule has 0 radical (unpaired) electrons. The van der Waals surface area contributed by atoms with E-state index in [1.165, 1.54) is 17.4 Å². The van der Waals surface area contributed by atoms with E-state index in [0.29, 0.717) is 50.0 Å². The molecule has 1 atom stereocenters. The van der Waals surface area contributed by atoms with E-state index < -0.39 is 15.3 Å². The van der Waals surface area contributed by atoms with Gasteiger partial charge in [0.1, 0.15) is 5.25 Å². The molecule has 2 aromatic carbocycles. The molecule has 0 aliphatic carbocycles. The summed E-state index contributed by atoms with van der Waals surface area (Å²) in [5.74, 6) is 0. The van der Waals surface area contributed by atoms with Gasteiger partial charge in [-0.05, 0) is 55.1 Å². The van der Waals surface area contributed by atoms with Crippen molar-refractivity contribution >= 4 is 65.7 Å². The largest absolute Gasteiger partial charge is 0.337 e. The number of fused-ring (bicyclic) bond motifs is 2. The maximum Gasteiger partial charge on any atom is 0.319 e. The van der Waals surface area contributed by atoms with Gasteiger partial charge in [0.2, 0.25) is 10.0 Å². The minimum Gasteiger partial charge on any atom is -0.337 e. The van der Waals surface area contributed by atoms with E-state index in [0.717, 1.165) is 37.1 Å². The Kier molecular flexibility index (Phi) is 8.44. The van der Waals surface area contributed by atoms with Crippen molar-refractivity contribution in [1.29, 1.82) is 0 Å². The van der Waals surface area contributed by atoms with Gasteiger partial charge in [-0.15, -0.1) is 17.9 Å². The number of carbonyl (C=O) groups excluding carboxylic acids is 1. The van der Waals surface area contributed by atoms with Crippen LogP contribution in [0.25, 0.3) is 21.0 Å². The third-order valence-electron chi connectivity index (χ3n) is 7.23. The molecular formula is C29H32ClN5O3S2. The number of sulfonamides is 1. The van der Waals surface area contributed by atoms with E-state index in [1.54, 1.807) is 4.31 Å². The molecule has 2 amide bonds. The van der Waals surface area contributed by atoms with Gasteiger partial charge in [0.15, 0.2) is 0 Å². The fraction of sp³-hybridized carbons (Fsp3) is 0.310. The quantitative estimate of drug-likeness (QED) is 0.254. The number of piperazine rings is 1. The maximum atomic E-state index is 13.7. The number of aryl methyl sites for hydroxylation is 2. The van der Waals surface area contributed by atoms with E-state index >= 15 is 0 Å². The molecule has 1 unspecified atom stereocenters. The summed E-state index contributed by atoms with van der Waals surface area (Å²) in [7, 11) is -3.64. The minimum atomic E-state index is -3.64. The van der Waals surface area contributed by atoms with Gasteiger partial charge < -0.3 is 10.6 Å². The molecule has 40 heavy (non-hydrogen) atoms. The van der Waals surface area contributed by atoms with Crippen molar-refractivity contribution in [2.75, 3.05) is 44.6 Å². The van der Waals surface area contributed by atoms with E-state index in [9.17, 15) is 13.2 Å². The molecule has 8 nitrogen and oxygen atoms in total. The molecule has 0 bridgehead atoms. The Morgan fingerprint density at radius 1 is 1.12 bits per heavy atom. The van der Waals surface area contributed by atoms with Gasteiger partial charge in [-0.3, -0.25) is 9.88 Å². The van der Waals surface area contributed by atoms with E-state index in [4.69, 9.17) is 11.6 Å². The summed E-state index contributed by atoms with van der Waals surface area (Å²) in [6.45, 7) is 10.7. The Morgan fingerprint density at radius 3 is 2.62 bits per heavy atom. The molecule has 1 fully saturated rings. The highest BCUT2D eigenvalue weighted by Crippen LogP contribution is 2.40. The summed E-state index contributed by atoms with van der Waals surface area (Å²) < 4.78 is 29.9. The van der Waals surface area contributed by atoms with Gasteiger partial charge in [-0.1, -0.05) is 35.9 Å². The summed E-state index contributed by atoms with van der Waals surface area (Å²) in [6, 6.07) is 14.9. The first-order valence-electron chi connectivity index (χ1n) is 13.1. The van der Waals surface area contributed by atoms with Crippen LogP contribution in [-0.2, 0) is 10.0 Å². The second-order valence-electron chi connectivity index (χ2n) is 9.88. The number of aromatic nitrogens is 1. The molecule has 4 aromatic rings. The number of hydrogen-bond donors (Lipinski definition) is 2. The van der Waals surface area contributed by atoms with Crippen molar-refractivity contribution in [3.8, 4) is 0 Å². The lowest BCUT2D eigenvalue weighted by molar-refractivity contribution is 0.188. The number of rotatable bonds is 8. The lowest BCUT2D eigenvalue weighted by atomic mass is 10.1. The van der Waals surface area contributed by atoms with Gasteiger partial charge >= 0.3 is 6.03 Å². The summed E-state index contributed by atoms with van der Waals surface area (Å²) in [5, 5.41) is 7.51. The first kappa shape index (κ1) is 28.5. The SMILES string of the molecule is C=CC(c1sc2ccc(Cl)cc2c1C)S(=O)(=O)N1CCN(CCNC(=O)Nc2cc(C)nc3ccccc23)CC1. The summed E-state index contributed by atoms with van der Waals surface area (Å²) >= 11 is 7.66. The van der Waals surface area contributed by atoms with Crippen LogP contribution in [0.2, 0.25) is 5.02 Å². The lowest BCUT2D eigenvalue weighted by Crippen LogP contribution is -2.51. The van der Waals surface area contributed by atoms with Crippen molar-refractivity contribution < 1.29 is 13.2 Å². The molecule has 1 aliphatic heterocycles. The normalized spacial score (nSPS) is 15.8. The van der Waals surface area contributed by atoms with Crippen LogP contribution in [0.5, 0.6) is 0 Å². The second-order valence-corrected chi connectivity index (χ2v) is 13.5. The van der Waals surface area contributed by atoms with Crippen LogP contribution >= 0.6 is 22.9 Å². The summed E-state index contributed by atoms with van der Waals surface area (Å²) in [6.07, 6.45) is 1.52. The van der Waals surface area contributed by atoms with Crippen molar-refractivity contribution in [2.45, 2.75) is 19.1 Å². The zero-order valence-corrected chi connectivity index (χ0v) is 24.9. The standard InChI is InChI=1S/C29H32ClN5O3S2/c1-4-27(28-20(3)23-18-21(30)9-10-26(23)39-28)40(37,38)35-15-13-34(14-16-35)12-11-31-29(36)33-25-17-19(2)32-24-8-6-5-7-22(24)25/h4-10,17-18,27H,1,11-16H2,2-3H3,(H2,31,32,33,36). The third kappa shape index (κ3) is 5.87. The number of carbonyl (C=O) groups is 1. The smallest absolute Gasteiger partial charge is 0.319 e. The van der Waals surface area contributed by atoms with E-state index in [1.807, 2.05) is 62.4 Å². The molecule has 0 saturated carbocycles. The van der Waals surface area contributed by atoms with Gasteiger partial charge in [-0.2, -0.15) is 4.31 Å². The molecule has 3 heterocycles. The number of para-hydroxylation sites is 1. The van der Waals surface area contributed by atoms with Crippen molar-refractivity contribution in [3.05, 3.63) is 82.3 Å². The summed E-state index contributed by atoms with van der Waals surface area (Å²) in [5.41, 5.74) is 3.30. The van der Waals surface area contributed by atoms with Crippen LogP contribution in [-0.4, -0.2) is 67.9 Å². The van der Waals surface area contributed by atoms with E-state index in [-0.39, 0.29) is 6.03 Å². The maximum absolute atomic E-state index is 13.7. The topological polar surface area (TPSA) is 94.6 Å². The monoisotopic (exact) mass is 597 g/mol. The van der Waals surface area contributed by atoms with Crippen molar-refractivity contribution in [1.82, 2.24) is 19.5 Å². The molecule has 5 rings (SSSR count). The highest BCUT2D eigenvalue weighted by atomic mass is 35.5. The number of urea groups is 1. The average molecular weight is 598 g/mol. The van der Waals surface area contributed by atoms with Gasteiger partial charge in [-0.25, -0.2) is 13.2 Å². The molecular weight excluding hydrogens is 566 g/mol. The third-order valence-corrected chi connectivity index (χ3v) is 11.1. The first-order chi connectivity index (χ1) is 19.2. The predicted molar refractivity (Wildman–Crippen MR) is 165 cm³/mol. The molecule has 1 saturated heterocycles. The number of anilines is 1. The Labute approximate surface area is 243 Å². The van der Waals surface area contributed by atoms with Crippen LogP contribution in [0.1, 0.15) is 21.4 Å². The molecule has 2 aromatic heterocycles. The van der Waals surface area contributed by atoms with Gasteiger partial charge in [0.05, 0.1) is 11.2 Å². The van der Waals surface area contributed by atoms with E-state index in [2.05, 4.69) is 27.1 Å². The number of hydrogen-bond acceptors (Lipinski definition) is 6. The number of thiophene rings is 1. The fourth-order valence-electron chi connectivity index (χ4n) is 5.12. The molecule has 210 valence electrons. The Bertz CT molecular complexity index is 1680. The van der Waals surface area contributed by atoms with Crippen LogP contribution in [0, 0.1) is 13.8 Å². The number of nitrogens with zero attached hydrogens (tertiary/aromatic N) is 3. The van der Waals surface area contributed by atoms with Crippen molar-refractivity contribution in [3.63, 3.8) is 0 Å². The zero-order valence-electron chi connectivity index (χ0n) is 22.5. The van der Waals surface area contributed by atoms with Gasteiger partial charge in [0.25, 0.3) is 0 Å². The molecule has 11 heteroatoms. The number of halogens is 1. The number of amides is 2. The fourth-order valence-corrected chi connectivity index (χ4v) is 8.66. The predicted octanol–water partition coefficient (Wildman–Crippen LogP) is 5.72. The highest BCUT2D eigenvalue weighted by molar-refractivity contribution is 7.89. The minimum absolute atomic E-state index is 0.286. The number of nitrogens with one attached hydrogen (secondary N) is 2. The molecule has 1 aliphatic rings. The van der Waals surface area contributed by atoms with Crippen molar-refractivity contribution in [2.24, 2.45) is 0 Å². The second kappa shape index (κ2) is 11.8. The molecule has 0 spiro atoms. The lowest BCUT2D eigenvalue weighted by Gasteiger charge is -2.35. The van der Waals surface area contributed by atoms with Crippen LogP contribution in [0.3, 0.4) is 0 Å². The average Bonchev–Trinajstić information content (AvgIpc) is 3.24. The van der Waals surface area contributed by atoms with Crippen LogP contribution in [0.4, 0.5) is 10.5 Å². The number of pyridine rings is 1. The van der Waals surface area contributed by atoms with Crippen LogP contribution < -0.4 is 10.6 Å². The van der Waals surface area contributed by atoms with Crippen LogP contribution in [0.15, 0.2) is 61.2 Å². The highest BCUT2D eigenvalue weighted by Gasteiger charge is 2.35. The Hall–Kier alpha value is -3.02. The Balaban J connectivity index is 1.15. The number of benzene rings is 2. The first-order valence-corrected chi connectivity index (χ1v) is 15.8. The molecule has 2 N–H and O–H groups in total. The Morgan fingerprint density at radius 2 is 1.88 bits per heavy atom. The van der Waals surface area contributed by atoms with Gasteiger partial charge in [0, 0.05) is 64.9 Å². The summed E-state index contributed by atoms with van der Waals surface area (Å²) in [4.78, 5) is 20.0.